The zero-order chi connectivity index (χ0) is 24.4. The Hall–Kier alpha value is -4.03. The molecule has 1 aliphatic carbocycles. The fraction of sp³-hybridized carbons (Fsp3) is 0.231. The van der Waals surface area contributed by atoms with Gasteiger partial charge in [-0.1, -0.05) is 59.8 Å². The number of nitrogens with one attached hydrogen (secondary N) is 1. The maximum Gasteiger partial charge on any atom is 0.236 e. The zero-order valence-electron chi connectivity index (χ0n) is 19.4. The third kappa shape index (κ3) is 4.40. The summed E-state index contributed by atoms with van der Waals surface area (Å²) in [5.74, 6) is 7.13. The molecule has 0 bridgehead atoms. The number of nitriles is 1. The first-order valence-corrected chi connectivity index (χ1v) is 12.5. The Labute approximate surface area is 207 Å². The number of carbonyl (C=O) groups excluding carboxylic acids is 1. The van der Waals surface area contributed by atoms with Gasteiger partial charge in [-0.25, -0.2) is 4.68 Å². The molecule has 1 aliphatic rings. The van der Waals surface area contributed by atoms with Crippen LogP contribution in [0.4, 0.5) is 5.82 Å². The number of anilines is 1. The summed E-state index contributed by atoms with van der Waals surface area (Å²) in [6.07, 6.45) is 3.82. The van der Waals surface area contributed by atoms with Gasteiger partial charge in [0.2, 0.25) is 11.1 Å². The smallest absolute Gasteiger partial charge is 0.236 e. The summed E-state index contributed by atoms with van der Waals surface area (Å²) < 4.78 is 3.42. The average Bonchev–Trinajstić information content (AvgIpc) is 3.40. The first-order chi connectivity index (χ1) is 17.1. The van der Waals surface area contributed by atoms with E-state index < -0.39 is 0 Å². The van der Waals surface area contributed by atoms with E-state index in [1.54, 1.807) is 0 Å². The van der Waals surface area contributed by atoms with Crippen LogP contribution in [0.3, 0.4) is 0 Å². The number of para-hydroxylation sites is 1. The second kappa shape index (κ2) is 9.68. The lowest BCUT2D eigenvalue weighted by Crippen LogP contribution is -2.19. The minimum absolute atomic E-state index is 0.0821. The number of benzene rings is 2. The highest BCUT2D eigenvalue weighted by Gasteiger charge is 2.27. The van der Waals surface area contributed by atoms with Gasteiger partial charge in [0.1, 0.15) is 11.9 Å². The zero-order valence-corrected chi connectivity index (χ0v) is 20.2. The van der Waals surface area contributed by atoms with Gasteiger partial charge in [0.05, 0.1) is 11.3 Å². The summed E-state index contributed by atoms with van der Waals surface area (Å²) in [6.45, 7) is 2.01. The number of fused-ring (bicyclic) bond motifs is 1. The SMILES string of the molecule is Cc1ccc(-c2nnc(SCC(=O)Nc3c(C#N)c4c(n3-c3ccccc3)CCCC4)n2N)cc1. The summed E-state index contributed by atoms with van der Waals surface area (Å²) in [4.78, 5) is 13.0. The van der Waals surface area contributed by atoms with E-state index in [1.165, 1.54) is 16.4 Å². The van der Waals surface area contributed by atoms with Crippen molar-refractivity contribution in [3.05, 3.63) is 77.0 Å². The minimum Gasteiger partial charge on any atom is -0.335 e. The van der Waals surface area contributed by atoms with E-state index in [2.05, 4.69) is 21.6 Å². The second-order valence-electron chi connectivity index (χ2n) is 8.52. The summed E-state index contributed by atoms with van der Waals surface area (Å²) in [5, 5.41) is 21.8. The molecule has 176 valence electrons. The number of amides is 1. The van der Waals surface area contributed by atoms with Gasteiger partial charge in [-0.3, -0.25) is 9.36 Å². The van der Waals surface area contributed by atoms with Crippen molar-refractivity contribution < 1.29 is 4.79 Å². The molecular weight excluding hydrogens is 458 g/mol. The number of hydrogen-bond acceptors (Lipinski definition) is 6. The topological polar surface area (TPSA) is 115 Å². The van der Waals surface area contributed by atoms with E-state index in [0.29, 0.717) is 22.4 Å². The Kier molecular flexibility index (Phi) is 6.29. The van der Waals surface area contributed by atoms with Gasteiger partial charge in [0.25, 0.3) is 0 Å². The molecule has 9 heteroatoms. The number of nitrogens with zero attached hydrogens (tertiary/aromatic N) is 5. The molecule has 0 radical (unpaired) electrons. The summed E-state index contributed by atoms with van der Waals surface area (Å²) in [6, 6.07) is 20.0. The molecule has 0 unspecified atom stereocenters. The van der Waals surface area contributed by atoms with Gasteiger partial charge in [-0.15, -0.1) is 10.2 Å². The highest BCUT2D eigenvalue weighted by atomic mass is 32.2. The molecule has 2 aromatic heterocycles. The first kappa shape index (κ1) is 22.7. The normalized spacial score (nSPS) is 12.7. The number of aromatic nitrogens is 4. The molecule has 0 spiro atoms. The highest BCUT2D eigenvalue weighted by molar-refractivity contribution is 7.99. The fourth-order valence-corrected chi connectivity index (χ4v) is 5.13. The first-order valence-electron chi connectivity index (χ1n) is 11.5. The maximum atomic E-state index is 13.0. The second-order valence-corrected chi connectivity index (χ2v) is 9.46. The van der Waals surface area contributed by atoms with E-state index in [9.17, 15) is 10.1 Å². The van der Waals surface area contributed by atoms with Crippen LogP contribution in [-0.2, 0) is 17.6 Å². The third-order valence-electron chi connectivity index (χ3n) is 6.16. The van der Waals surface area contributed by atoms with Gasteiger partial charge >= 0.3 is 0 Å². The van der Waals surface area contributed by atoms with Crippen LogP contribution >= 0.6 is 11.8 Å². The van der Waals surface area contributed by atoms with Crippen LogP contribution < -0.4 is 11.2 Å². The van der Waals surface area contributed by atoms with Crippen LogP contribution in [0.15, 0.2) is 59.8 Å². The molecule has 2 aromatic carbocycles. The predicted molar refractivity (Wildman–Crippen MR) is 137 cm³/mol. The van der Waals surface area contributed by atoms with Crippen LogP contribution in [-0.4, -0.2) is 31.1 Å². The Morgan fingerprint density at radius 1 is 1.11 bits per heavy atom. The van der Waals surface area contributed by atoms with Crippen molar-refractivity contribution in [1.82, 2.24) is 19.4 Å². The van der Waals surface area contributed by atoms with Crippen LogP contribution in [0.25, 0.3) is 17.1 Å². The van der Waals surface area contributed by atoms with E-state index >= 15 is 0 Å². The summed E-state index contributed by atoms with van der Waals surface area (Å²) in [7, 11) is 0. The molecule has 1 amide bonds. The number of hydrogen-bond donors (Lipinski definition) is 2. The van der Waals surface area contributed by atoms with Crippen molar-refractivity contribution in [2.45, 2.75) is 37.8 Å². The van der Waals surface area contributed by atoms with Crippen molar-refractivity contribution in [3.8, 4) is 23.1 Å². The van der Waals surface area contributed by atoms with Gasteiger partial charge in [-0.05, 0) is 50.3 Å². The highest BCUT2D eigenvalue weighted by Crippen LogP contribution is 2.35. The Morgan fingerprint density at radius 2 is 1.86 bits per heavy atom. The molecule has 0 aliphatic heterocycles. The lowest BCUT2D eigenvalue weighted by molar-refractivity contribution is -0.113. The Bertz CT molecular complexity index is 1410. The Balaban J connectivity index is 1.38. The van der Waals surface area contributed by atoms with E-state index in [4.69, 9.17) is 5.84 Å². The molecule has 0 saturated heterocycles. The number of rotatable bonds is 6. The maximum absolute atomic E-state index is 13.0. The molecule has 2 heterocycles. The number of nitrogen functional groups attached to an aromatic ring is 1. The third-order valence-corrected chi connectivity index (χ3v) is 7.10. The molecular formula is C26H25N7OS. The van der Waals surface area contributed by atoms with Crippen molar-refractivity contribution in [3.63, 3.8) is 0 Å². The van der Waals surface area contributed by atoms with Crippen molar-refractivity contribution in [1.29, 1.82) is 5.26 Å². The molecule has 5 rings (SSSR count). The lowest BCUT2D eigenvalue weighted by Gasteiger charge is -2.17. The predicted octanol–water partition coefficient (Wildman–Crippen LogP) is 4.24. The van der Waals surface area contributed by atoms with Gasteiger partial charge < -0.3 is 11.2 Å². The molecule has 0 atom stereocenters. The standard InChI is InChI=1S/C26H25N7OS/c1-17-11-13-18(14-12-17)24-30-31-26(33(24)28)35-16-23(34)29-25-21(15-27)20-9-5-6-10-22(20)32(25)19-7-3-2-4-8-19/h2-4,7-8,11-14H,5-6,9-10,16,28H2,1H3,(H,29,34). The van der Waals surface area contributed by atoms with Gasteiger partial charge in [0.15, 0.2) is 5.82 Å². The van der Waals surface area contributed by atoms with Crippen molar-refractivity contribution in [2.75, 3.05) is 16.9 Å². The van der Waals surface area contributed by atoms with Crippen LogP contribution in [0, 0.1) is 18.3 Å². The number of thioether (sulfide) groups is 1. The van der Waals surface area contributed by atoms with Gasteiger partial charge in [0, 0.05) is 16.9 Å². The fourth-order valence-electron chi connectivity index (χ4n) is 4.47. The number of nitrogens with two attached hydrogens (primary N) is 1. The summed E-state index contributed by atoms with van der Waals surface area (Å²) in [5.41, 5.74) is 5.61. The molecule has 4 aromatic rings. The minimum atomic E-state index is -0.238. The van der Waals surface area contributed by atoms with Crippen LogP contribution in [0.5, 0.6) is 0 Å². The van der Waals surface area contributed by atoms with Crippen molar-refractivity contribution >= 4 is 23.5 Å². The van der Waals surface area contributed by atoms with E-state index in [1.807, 2.05) is 66.1 Å². The molecule has 0 saturated carbocycles. The van der Waals surface area contributed by atoms with E-state index in [-0.39, 0.29) is 11.7 Å². The molecule has 35 heavy (non-hydrogen) atoms. The summed E-state index contributed by atoms with van der Waals surface area (Å²) >= 11 is 1.20. The number of carbonyl (C=O) groups is 1. The Morgan fingerprint density at radius 3 is 2.60 bits per heavy atom. The lowest BCUT2D eigenvalue weighted by atomic mass is 9.95. The molecule has 8 nitrogen and oxygen atoms in total. The quantitative estimate of drug-likeness (QED) is 0.313. The van der Waals surface area contributed by atoms with Crippen molar-refractivity contribution in [2.24, 2.45) is 0 Å². The number of aryl methyl sites for hydroxylation is 1. The average molecular weight is 484 g/mol. The van der Waals surface area contributed by atoms with Gasteiger partial charge in [-0.2, -0.15) is 5.26 Å². The van der Waals surface area contributed by atoms with Crippen LogP contribution in [0.2, 0.25) is 0 Å². The van der Waals surface area contributed by atoms with E-state index in [0.717, 1.165) is 53.8 Å². The molecule has 3 N–H and O–H groups in total. The van der Waals surface area contributed by atoms with Crippen LogP contribution in [0.1, 0.15) is 35.2 Å². The largest absolute Gasteiger partial charge is 0.335 e. The monoisotopic (exact) mass is 483 g/mol. The molecule has 0 fully saturated rings.